The predicted octanol–water partition coefficient (Wildman–Crippen LogP) is 4.30. The summed E-state index contributed by atoms with van der Waals surface area (Å²) in [7, 11) is 0. The van der Waals surface area contributed by atoms with Crippen molar-refractivity contribution in [2.45, 2.75) is 26.4 Å². The van der Waals surface area contributed by atoms with Crippen LogP contribution in [0.4, 0.5) is 0 Å². The smallest absolute Gasteiger partial charge is 0.134 e. The van der Waals surface area contributed by atoms with E-state index in [0.29, 0.717) is 12.2 Å². The Labute approximate surface area is 115 Å². The number of hydrogen-bond donors (Lipinski definition) is 1. The average Bonchev–Trinajstić information content (AvgIpc) is 2.81. The highest BCUT2D eigenvalue weighted by atomic mass is 127. The first kappa shape index (κ1) is 12.6. The van der Waals surface area contributed by atoms with E-state index in [1.54, 1.807) is 0 Å². The Bertz CT molecular complexity index is 517. The summed E-state index contributed by atoms with van der Waals surface area (Å²) in [6, 6.07) is 9.97. The van der Waals surface area contributed by atoms with Crippen LogP contribution >= 0.6 is 22.6 Å². The molecule has 0 radical (unpaired) electrons. The molecular weight excluding hydrogens is 327 g/mol. The van der Waals surface area contributed by atoms with Crippen molar-refractivity contribution in [1.82, 2.24) is 0 Å². The van der Waals surface area contributed by atoms with Gasteiger partial charge in [-0.05, 0) is 59.7 Å². The molecule has 0 bridgehead atoms. The van der Waals surface area contributed by atoms with E-state index in [4.69, 9.17) is 4.42 Å². The van der Waals surface area contributed by atoms with Crippen LogP contribution in [0.1, 0.15) is 30.8 Å². The van der Waals surface area contributed by atoms with Gasteiger partial charge in [-0.1, -0.05) is 19.1 Å². The van der Waals surface area contributed by atoms with E-state index in [2.05, 4.69) is 41.6 Å². The van der Waals surface area contributed by atoms with Crippen molar-refractivity contribution < 1.29 is 9.52 Å². The van der Waals surface area contributed by atoms with E-state index in [1.165, 1.54) is 9.13 Å². The van der Waals surface area contributed by atoms with Gasteiger partial charge in [0, 0.05) is 9.13 Å². The first-order chi connectivity index (χ1) is 8.11. The Morgan fingerprint density at radius 3 is 2.71 bits per heavy atom. The molecule has 2 nitrogen and oxygen atoms in total. The summed E-state index contributed by atoms with van der Waals surface area (Å²) in [4.78, 5) is 0. The molecular formula is C14H15IO2. The number of halogens is 1. The van der Waals surface area contributed by atoms with Crippen LogP contribution in [0.2, 0.25) is 0 Å². The highest BCUT2D eigenvalue weighted by Crippen LogP contribution is 2.28. The summed E-state index contributed by atoms with van der Waals surface area (Å²) >= 11 is 2.31. The van der Waals surface area contributed by atoms with Crippen LogP contribution in [0.5, 0.6) is 0 Å². The molecule has 0 saturated carbocycles. The van der Waals surface area contributed by atoms with Crippen molar-refractivity contribution in [3.05, 3.63) is 45.2 Å². The van der Waals surface area contributed by atoms with Crippen molar-refractivity contribution >= 4 is 22.6 Å². The fourth-order valence-electron chi connectivity index (χ4n) is 1.63. The molecule has 1 unspecified atom stereocenters. The fourth-order valence-corrected chi connectivity index (χ4v) is 2.15. The largest absolute Gasteiger partial charge is 0.458 e. The second-order valence-electron chi connectivity index (χ2n) is 4.09. The predicted molar refractivity (Wildman–Crippen MR) is 76.8 cm³/mol. The first-order valence-corrected chi connectivity index (χ1v) is 6.74. The van der Waals surface area contributed by atoms with Crippen LogP contribution < -0.4 is 0 Å². The molecule has 0 saturated heterocycles. The summed E-state index contributed by atoms with van der Waals surface area (Å²) in [5, 5.41) is 9.69. The van der Waals surface area contributed by atoms with Crippen LogP contribution in [-0.2, 0) is 0 Å². The zero-order valence-electron chi connectivity index (χ0n) is 9.90. The van der Waals surface area contributed by atoms with Crippen LogP contribution in [-0.4, -0.2) is 5.11 Å². The number of hydrogen-bond acceptors (Lipinski definition) is 2. The Morgan fingerprint density at radius 2 is 2.06 bits per heavy atom. The van der Waals surface area contributed by atoms with Crippen molar-refractivity contribution in [2.24, 2.45) is 0 Å². The SMILES string of the molecule is CCC(O)c1ccc(-c2ccc(C)c(I)c2)o1. The molecule has 0 fully saturated rings. The highest BCUT2D eigenvalue weighted by molar-refractivity contribution is 14.1. The summed E-state index contributed by atoms with van der Waals surface area (Å²) < 4.78 is 6.88. The van der Waals surface area contributed by atoms with E-state index in [9.17, 15) is 5.11 Å². The topological polar surface area (TPSA) is 33.4 Å². The van der Waals surface area contributed by atoms with Crippen molar-refractivity contribution in [2.75, 3.05) is 0 Å². The molecule has 1 aromatic heterocycles. The third-order valence-electron chi connectivity index (χ3n) is 2.80. The maximum Gasteiger partial charge on any atom is 0.134 e. The minimum atomic E-state index is -0.506. The van der Waals surface area contributed by atoms with Gasteiger partial charge in [0.1, 0.15) is 17.6 Å². The number of aliphatic hydroxyl groups is 1. The molecule has 2 rings (SSSR count). The molecule has 0 amide bonds. The van der Waals surface area contributed by atoms with E-state index in [1.807, 2.05) is 25.1 Å². The van der Waals surface area contributed by atoms with E-state index >= 15 is 0 Å². The van der Waals surface area contributed by atoms with Crippen LogP contribution in [0.25, 0.3) is 11.3 Å². The Kier molecular flexibility index (Phi) is 3.89. The standard InChI is InChI=1S/C14H15IO2/c1-3-12(16)14-7-6-13(17-14)10-5-4-9(2)11(15)8-10/h4-8,12,16H,3H2,1-2H3. The maximum atomic E-state index is 9.69. The van der Waals surface area contributed by atoms with Crippen molar-refractivity contribution in [3.63, 3.8) is 0 Å². The number of rotatable bonds is 3. The van der Waals surface area contributed by atoms with Gasteiger partial charge < -0.3 is 9.52 Å². The van der Waals surface area contributed by atoms with Crippen LogP contribution in [0, 0.1) is 10.5 Å². The summed E-state index contributed by atoms with van der Waals surface area (Å²) in [6.45, 7) is 4.02. The number of aliphatic hydroxyl groups excluding tert-OH is 1. The second-order valence-corrected chi connectivity index (χ2v) is 5.25. The van der Waals surface area contributed by atoms with Crippen LogP contribution in [0.3, 0.4) is 0 Å². The molecule has 0 aliphatic heterocycles. The lowest BCUT2D eigenvalue weighted by Gasteiger charge is -2.04. The van der Waals surface area contributed by atoms with Gasteiger partial charge in [-0.25, -0.2) is 0 Å². The molecule has 90 valence electrons. The number of aryl methyl sites for hydroxylation is 1. The third kappa shape index (κ3) is 2.72. The Morgan fingerprint density at radius 1 is 1.29 bits per heavy atom. The Balaban J connectivity index is 2.33. The average molecular weight is 342 g/mol. The second kappa shape index (κ2) is 5.23. The first-order valence-electron chi connectivity index (χ1n) is 5.66. The molecule has 0 spiro atoms. The van der Waals surface area contributed by atoms with Gasteiger partial charge in [-0.2, -0.15) is 0 Å². The van der Waals surface area contributed by atoms with Crippen molar-refractivity contribution in [1.29, 1.82) is 0 Å². The van der Waals surface area contributed by atoms with Gasteiger partial charge in [0.15, 0.2) is 0 Å². The minimum Gasteiger partial charge on any atom is -0.458 e. The lowest BCUT2D eigenvalue weighted by atomic mass is 10.1. The monoisotopic (exact) mass is 342 g/mol. The lowest BCUT2D eigenvalue weighted by molar-refractivity contribution is 0.147. The fraction of sp³-hybridized carbons (Fsp3) is 0.286. The lowest BCUT2D eigenvalue weighted by Crippen LogP contribution is -1.91. The zero-order chi connectivity index (χ0) is 12.4. The van der Waals surface area contributed by atoms with Gasteiger partial charge in [0.05, 0.1) is 0 Å². The summed E-state index contributed by atoms with van der Waals surface area (Å²) in [5.41, 5.74) is 2.31. The molecule has 1 N–H and O–H groups in total. The molecule has 1 atom stereocenters. The molecule has 0 aliphatic carbocycles. The van der Waals surface area contributed by atoms with Gasteiger partial charge in [0.2, 0.25) is 0 Å². The van der Waals surface area contributed by atoms with Gasteiger partial charge in [0.25, 0.3) is 0 Å². The molecule has 3 heteroatoms. The van der Waals surface area contributed by atoms with Gasteiger partial charge in [-0.3, -0.25) is 0 Å². The highest BCUT2D eigenvalue weighted by Gasteiger charge is 2.11. The van der Waals surface area contributed by atoms with Crippen molar-refractivity contribution in [3.8, 4) is 11.3 Å². The minimum absolute atomic E-state index is 0.506. The molecule has 1 heterocycles. The zero-order valence-corrected chi connectivity index (χ0v) is 12.1. The van der Waals surface area contributed by atoms with E-state index < -0.39 is 6.10 Å². The normalized spacial score (nSPS) is 12.7. The Hall–Kier alpha value is -0.810. The van der Waals surface area contributed by atoms with Crippen LogP contribution in [0.15, 0.2) is 34.7 Å². The van der Waals surface area contributed by atoms with Gasteiger partial charge in [-0.15, -0.1) is 0 Å². The summed E-state index contributed by atoms with van der Waals surface area (Å²) in [5.74, 6) is 1.45. The van der Waals surface area contributed by atoms with E-state index in [-0.39, 0.29) is 0 Å². The molecule has 1 aromatic carbocycles. The third-order valence-corrected chi connectivity index (χ3v) is 3.96. The molecule has 0 aliphatic rings. The van der Waals surface area contributed by atoms with Gasteiger partial charge >= 0.3 is 0 Å². The molecule has 17 heavy (non-hydrogen) atoms. The summed E-state index contributed by atoms with van der Waals surface area (Å²) in [6.07, 6.45) is 0.159. The quantitative estimate of drug-likeness (QED) is 0.844. The number of furan rings is 1. The maximum absolute atomic E-state index is 9.69. The molecule has 2 aromatic rings. The van der Waals surface area contributed by atoms with E-state index in [0.717, 1.165) is 11.3 Å². The number of benzene rings is 1.